The summed E-state index contributed by atoms with van der Waals surface area (Å²) < 4.78 is 16.3. The van der Waals surface area contributed by atoms with Gasteiger partial charge in [0.05, 0.1) is 18.4 Å². The molecule has 0 spiro atoms. The topological polar surface area (TPSA) is 159 Å². The molecule has 10 heteroatoms. The van der Waals surface area contributed by atoms with Crippen LogP contribution in [0.15, 0.2) is 27.7 Å². The van der Waals surface area contributed by atoms with Crippen molar-refractivity contribution in [1.82, 2.24) is 9.97 Å². The standard InChI is InChI=1S/C26H42N2O8/c1-3-4-5-6-7-8-9-10-11-12-13-23(32)36-25(22-15-27-17-35-22)26-28-19(16-34-26)20(30)14-21(31)24(33)18(2)29/h15-18,20-21,24-25,29-31,33H,3-14H2,1-2H3/t18?,20-,21+,24?,25-/m0/s1. The third kappa shape index (κ3) is 10.4. The Bertz CT molecular complexity index is 839. The van der Waals surface area contributed by atoms with Crippen molar-refractivity contribution in [3.63, 3.8) is 0 Å². The molecule has 36 heavy (non-hydrogen) atoms. The van der Waals surface area contributed by atoms with Crippen molar-refractivity contribution in [2.24, 2.45) is 0 Å². The van der Waals surface area contributed by atoms with Gasteiger partial charge in [-0.2, -0.15) is 0 Å². The quantitative estimate of drug-likeness (QED) is 0.160. The van der Waals surface area contributed by atoms with Gasteiger partial charge in [0.25, 0.3) is 0 Å². The summed E-state index contributed by atoms with van der Waals surface area (Å²) >= 11 is 0. The first-order valence-corrected chi connectivity index (χ1v) is 13.1. The van der Waals surface area contributed by atoms with Crippen molar-refractivity contribution in [3.05, 3.63) is 36.2 Å². The second-order valence-corrected chi connectivity index (χ2v) is 9.37. The zero-order valence-corrected chi connectivity index (χ0v) is 21.4. The fourth-order valence-electron chi connectivity index (χ4n) is 3.92. The average molecular weight is 511 g/mol. The van der Waals surface area contributed by atoms with E-state index >= 15 is 0 Å². The predicted molar refractivity (Wildman–Crippen MR) is 131 cm³/mol. The maximum Gasteiger partial charge on any atom is 0.307 e. The largest absolute Gasteiger partial charge is 0.445 e. The highest BCUT2D eigenvalue weighted by Crippen LogP contribution is 2.29. The first-order valence-electron chi connectivity index (χ1n) is 13.1. The van der Waals surface area contributed by atoms with Crippen LogP contribution in [0.2, 0.25) is 0 Å². The first-order chi connectivity index (χ1) is 17.3. The van der Waals surface area contributed by atoms with Crippen molar-refractivity contribution < 1.29 is 38.8 Å². The van der Waals surface area contributed by atoms with Crippen molar-refractivity contribution in [2.75, 3.05) is 0 Å². The molecule has 0 aliphatic heterocycles. The molecule has 10 nitrogen and oxygen atoms in total. The van der Waals surface area contributed by atoms with Crippen LogP contribution in [-0.4, -0.2) is 54.7 Å². The van der Waals surface area contributed by atoms with E-state index in [2.05, 4.69) is 16.9 Å². The highest BCUT2D eigenvalue weighted by molar-refractivity contribution is 5.69. The Morgan fingerprint density at radius 3 is 2.19 bits per heavy atom. The third-order valence-corrected chi connectivity index (χ3v) is 6.15. The van der Waals surface area contributed by atoms with Gasteiger partial charge in [-0.3, -0.25) is 4.79 Å². The number of carbonyl (C=O) groups excluding carboxylic acids is 1. The van der Waals surface area contributed by atoms with Crippen molar-refractivity contribution in [3.8, 4) is 0 Å². The van der Waals surface area contributed by atoms with Gasteiger partial charge in [0, 0.05) is 12.8 Å². The molecular weight excluding hydrogens is 468 g/mol. The van der Waals surface area contributed by atoms with E-state index in [0.717, 1.165) is 19.3 Å². The van der Waals surface area contributed by atoms with E-state index in [4.69, 9.17) is 13.6 Å². The number of oxazole rings is 2. The van der Waals surface area contributed by atoms with E-state index in [1.54, 1.807) is 0 Å². The van der Waals surface area contributed by atoms with Gasteiger partial charge < -0.3 is 34.0 Å². The van der Waals surface area contributed by atoms with Crippen molar-refractivity contribution in [1.29, 1.82) is 0 Å². The average Bonchev–Trinajstić information content (AvgIpc) is 3.56. The highest BCUT2D eigenvalue weighted by Gasteiger charge is 2.30. The van der Waals surface area contributed by atoms with Crippen LogP contribution in [0.25, 0.3) is 0 Å². The molecule has 0 saturated heterocycles. The number of rotatable bonds is 19. The molecule has 2 aromatic heterocycles. The van der Waals surface area contributed by atoms with Gasteiger partial charge in [0.2, 0.25) is 12.0 Å². The van der Waals surface area contributed by atoms with E-state index < -0.39 is 36.5 Å². The van der Waals surface area contributed by atoms with Crippen LogP contribution < -0.4 is 0 Å². The van der Waals surface area contributed by atoms with Crippen molar-refractivity contribution in [2.45, 2.75) is 121 Å². The zero-order valence-electron chi connectivity index (χ0n) is 21.4. The van der Waals surface area contributed by atoms with Crippen LogP contribution in [0.1, 0.15) is 120 Å². The summed E-state index contributed by atoms with van der Waals surface area (Å²) in [5, 5.41) is 39.5. The molecule has 2 rings (SSSR count). The number of ether oxygens (including phenoxy) is 1. The summed E-state index contributed by atoms with van der Waals surface area (Å²) in [4.78, 5) is 20.6. The molecule has 0 amide bonds. The lowest BCUT2D eigenvalue weighted by Gasteiger charge is -2.21. The Morgan fingerprint density at radius 2 is 1.61 bits per heavy atom. The van der Waals surface area contributed by atoms with Crippen LogP contribution in [0, 0.1) is 0 Å². The van der Waals surface area contributed by atoms with Gasteiger partial charge in [-0.05, 0) is 13.3 Å². The fourth-order valence-corrected chi connectivity index (χ4v) is 3.92. The van der Waals surface area contributed by atoms with E-state index in [-0.39, 0.29) is 30.2 Å². The van der Waals surface area contributed by atoms with Crippen LogP contribution >= 0.6 is 0 Å². The SMILES string of the molecule is CCCCCCCCCCCCC(=O)O[C@@H](c1cnco1)c1nc([C@@H](O)C[C@@H](O)C(O)C(C)O)co1. The zero-order chi connectivity index (χ0) is 26.3. The molecule has 0 fully saturated rings. The normalized spacial score (nSPS) is 15.8. The number of hydrogen-bond acceptors (Lipinski definition) is 10. The van der Waals surface area contributed by atoms with E-state index in [0.29, 0.717) is 0 Å². The molecule has 0 saturated carbocycles. The number of aliphatic hydroxyl groups excluding tert-OH is 4. The van der Waals surface area contributed by atoms with Gasteiger partial charge in [0.1, 0.15) is 24.2 Å². The van der Waals surface area contributed by atoms with Crippen LogP contribution in [0.5, 0.6) is 0 Å². The number of esters is 1. The number of hydrogen-bond donors (Lipinski definition) is 4. The summed E-state index contributed by atoms with van der Waals surface area (Å²) in [5.74, 6) is -0.214. The number of aromatic nitrogens is 2. The van der Waals surface area contributed by atoms with Gasteiger partial charge in [-0.15, -0.1) is 0 Å². The number of aliphatic hydroxyl groups is 4. The lowest BCUT2D eigenvalue weighted by Crippen LogP contribution is -2.36. The maximum absolute atomic E-state index is 12.5. The summed E-state index contributed by atoms with van der Waals surface area (Å²) in [6.45, 7) is 3.55. The molecule has 2 unspecified atom stereocenters. The van der Waals surface area contributed by atoms with Gasteiger partial charge in [0.15, 0.2) is 12.2 Å². The maximum atomic E-state index is 12.5. The molecule has 0 bridgehead atoms. The smallest absolute Gasteiger partial charge is 0.307 e. The van der Waals surface area contributed by atoms with Crippen molar-refractivity contribution >= 4 is 5.97 Å². The van der Waals surface area contributed by atoms with E-state index in [1.165, 1.54) is 70.7 Å². The lowest BCUT2D eigenvalue weighted by atomic mass is 10.0. The fraction of sp³-hybridized carbons (Fsp3) is 0.731. The Kier molecular flexibility index (Phi) is 13.7. The van der Waals surface area contributed by atoms with Gasteiger partial charge in [-0.1, -0.05) is 64.7 Å². The molecule has 0 aliphatic carbocycles. The minimum absolute atomic E-state index is 0.0113. The summed E-state index contributed by atoms with van der Waals surface area (Å²) in [7, 11) is 0. The Hall–Kier alpha value is -2.27. The molecule has 2 heterocycles. The molecule has 4 N–H and O–H groups in total. The van der Waals surface area contributed by atoms with E-state index in [9.17, 15) is 25.2 Å². The monoisotopic (exact) mass is 510 g/mol. The third-order valence-electron chi connectivity index (χ3n) is 6.15. The summed E-state index contributed by atoms with van der Waals surface area (Å²) in [6.07, 6.45) is 9.06. The first kappa shape index (κ1) is 30.0. The number of nitrogens with zero attached hydrogens (tertiary/aromatic N) is 2. The second kappa shape index (κ2) is 16.5. The summed E-state index contributed by atoms with van der Waals surface area (Å²) in [5.41, 5.74) is 0.0806. The van der Waals surface area contributed by atoms with Gasteiger partial charge in [-0.25, -0.2) is 9.97 Å². The molecular formula is C26H42N2O8. The Labute approximate surface area is 212 Å². The minimum Gasteiger partial charge on any atom is -0.445 e. The Morgan fingerprint density at radius 1 is 0.972 bits per heavy atom. The Balaban J connectivity index is 1.83. The molecule has 0 radical (unpaired) electrons. The molecule has 0 aromatic carbocycles. The van der Waals surface area contributed by atoms with Crippen LogP contribution in [-0.2, 0) is 9.53 Å². The molecule has 204 valence electrons. The minimum atomic E-state index is -1.42. The lowest BCUT2D eigenvalue weighted by molar-refractivity contribution is -0.149. The van der Waals surface area contributed by atoms with Crippen LogP contribution in [0.3, 0.4) is 0 Å². The predicted octanol–water partition coefficient (Wildman–Crippen LogP) is 4.13. The van der Waals surface area contributed by atoms with Gasteiger partial charge >= 0.3 is 5.97 Å². The second-order valence-electron chi connectivity index (χ2n) is 9.37. The van der Waals surface area contributed by atoms with E-state index in [1.807, 2.05) is 0 Å². The molecule has 2 aromatic rings. The highest BCUT2D eigenvalue weighted by atomic mass is 16.6. The number of carbonyl (C=O) groups is 1. The summed E-state index contributed by atoms with van der Waals surface area (Å²) in [6, 6.07) is 0. The molecule has 5 atom stereocenters. The number of unbranched alkanes of at least 4 members (excludes halogenated alkanes) is 9. The van der Waals surface area contributed by atoms with Crippen LogP contribution in [0.4, 0.5) is 0 Å². The molecule has 0 aliphatic rings.